The van der Waals surface area contributed by atoms with Gasteiger partial charge in [-0.25, -0.2) is 4.39 Å². The third kappa shape index (κ3) is 4.17. The Balaban J connectivity index is 1.50. The van der Waals surface area contributed by atoms with Gasteiger partial charge in [0.25, 0.3) is 0 Å². The average Bonchev–Trinajstić information content (AvgIpc) is 3.17. The van der Waals surface area contributed by atoms with Crippen molar-refractivity contribution in [2.45, 2.75) is 32.0 Å². The van der Waals surface area contributed by atoms with E-state index in [9.17, 15) is 9.50 Å². The van der Waals surface area contributed by atoms with Crippen LogP contribution in [0.5, 0.6) is 0 Å². The molecule has 3 rings (SSSR count). The molecule has 1 aromatic carbocycles. The zero-order valence-electron chi connectivity index (χ0n) is 14.0. The standard InChI is InChI=1S/C17H23FN4O2/c1-12-19-17(20-24-12)11-21(2)15-7-8-22(9-15)10-16(23)13-3-5-14(18)6-4-13/h3-6,15-16,23H,7-11H2,1-2H3/t15-,16-/m1/s1. The first kappa shape index (κ1) is 17.0. The molecule has 7 heteroatoms. The summed E-state index contributed by atoms with van der Waals surface area (Å²) in [5.41, 5.74) is 0.746. The summed E-state index contributed by atoms with van der Waals surface area (Å²) >= 11 is 0. The van der Waals surface area contributed by atoms with Gasteiger partial charge in [-0.05, 0) is 37.7 Å². The number of rotatable bonds is 6. The van der Waals surface area contributed by atoms with Crippen molar-refractivity contribution in [3.63, 3.8) is 0 Å². The molecule has 1 aliphatic heterocycles. The van der Waals surface area contributed by atoms with Crippen LogP contribution < -0.4 is 0 Å². The number of hydrogen-bond donors (Lipinski definition) is 1. The predicted molar refractivity (Wildman–Crippen MR) is 86.7 cm³/mol. The molecule has 0 aliphatic carbocycles. The number of β-amino-alcohol motifs (C(OH)–C–C–N with tert-alkyl or cyclic N) is 1. The van der Waals surface area contributed by atoms with E-state index in [1.807, 2.05) is 0 Å². The van der Waals surface area contributed by atoms with E-state index in [1.165, 1.54) is 12.1 Å². The summed E-state index contributed by atoms with van der Waals surface area (Å²) in [7, 11) is 2.05. The van der Waals surface area contributed by atoms with Crippen molar-refractivity contribution >= 4 is 0 Å². The number of aliphatic hydroxyl groups excluding tert-OH is 1. The lowest BCUT2D eigenvalue weighted by atomic mass is 10.1. The number of likely N-dealkylation sites (tertiary alicyclic amines) is 1. The third-order valence-corrected chi connectivity index (χ3v) is 4.52. The van der Waals surface area contributed by atoms with Gasteiger partial charge in [-0.1, -0.05) is 17.3 Å². The molecule has 1 aliphatic rings. The highest BCUT2D eigenvalue weighted by Crippen LogP contribution is 2.20. The van der Waals surface area contributed by atoms with E-state index in [0.29, 0.717) is 30.8 Å². The average molecular weight is 334 g/mol. The summed E-state index contributed by atoms with van der Waals surface area (Å²) in [6.07, 6.45) is 0.429. The van der Waals surface area contributed by atoms with Gasteiger partial charge in [-0.3, -0.25) is 9.80 Å². The van der Waals surface area contributed by atoms with Gasteiger partial charge in [0, 0.05) is 26.1 Å². The van der Waals surface area contributed by atoms with Crippen molar-refractivity contribution in [3.8, 4) is 0 Å². The van der Waals surface area contributed by atoms with Gasteiger partial charge in [-0.2, -0.15) is 4.98 Å². The first-order valence-corrected chi connectivity index (χ1v) is 8.16. The summed E-state index contributed by atoms with van der Waals surface area (Å²) in [5.74, 6) is 0.985. The van der Waals surface area contributed by atoms with Gasteiger partial charge in [0.1, 0.15) is 5.82 Å². The fraction of sp³-hybridized carbons (Fsp3) is 0.529. The Morgan fingerprint density at radius 2 is 2.17 bits per heavy atom. The molecule has 0 amide bonds. The zero-order valence-corrected chi connectivity index (χ0v) is 14.0. The number of hydrogen-bond acceptors (Lipinski definition) is 6. The second-order valence-corrected chi connectivity index (χ2v) is 6.41. The number of aliphatic hydroxyl groups is 1. The molecular weight excluding hydrogens is 311 g/mol. The van der Waals surface area contributed by atoms with Crippen LogP contribution >= 0.6 is 0 Å². The summed E-state index contributed by atoms with van der Waals surface area (Å²) in [6.45, 7) is 4.79. The second kappa shape index (κ2) is 7.38. The van der Waals surface area contributed by atoms with E-state index in [2.05, 4.69) is 27.0 Å². The van der Waals surface area contributed by atoms with Crippen LogP contribution in [0.15, 0.2) is 28.8 Å². The van der Waals surface area contributed by atoms with Crippen molar-refractivity contribution in [1.82, 2.24) is 19.9 Å². The van der Waals surface area contributed by atoms with Crippen LogP contribution in [-0.4, -0.2) is 57.8 Å². The lowest BCUT2D eigenvalue weighted by Crippen LogP contribution is -2.35. The third-order valence-electron chi connectivity index (χ3n) is 4.52. The summed E-state index contributed by atoms with van der Waals surface area (Å²) < 4.78 is 18.0. The highest BCUT2D eigenvalue weighted by atomic mass is 19.1. The number of aromatic nitrogens is 2. The molecular formula is C17H23FN4O2. The van der Waals surface area contributed by atoms with E-state index >= 15 is 0 Å². The van der Waals surface area contributed by atoms with Gasteiger partial charge < -0.3 is 9.63 Å². The van der Waals surface area contributed by atoms with Crippen LogP contribution in [-0.2, 0) is 6.54 Å². The monoisotopic (exact) mass is 334 g/mol. The maximum atomic E-state index is 13.0. The van der Waals surface area contributed by atoms with Gasteiger partial charge in [0.15, 0.2) is 5.82 Å². The van der Waals surface area contributed by atoms with Crippen LogP contribution in [0.3, 0.4) is 0 Å². The van der Waals surface area contributed by atoms with Gasteiger partial charge >= 0.3 is 0 Å². The van der Waals surface area contributed by atoms with Crippen LogP contribution in [0.2, 0.25) is 0 Å². The molecule has 2 atom stereocenters. The number of benzene rings is 1. The van der Waals surface area contributed by atoms with Crippen LogP contribution in [0.4, 0.5) is 4.39 Å². The number of halogens is 1. The van der Waals surface area contributed by atoms with Crippen LogP contribution in [0, 0.1) is 12.7 Å². The van der Waals surface area contributed by atoms with Crippen molar-refractivity contribution in [1.29, 1.82) is 0 Å². The molecule has 1 saturated heterocycles. The smallest absolute Gasteiger partial charge is 0.223 e. The molecule has 130 valence electrons. The summed E-state index contributed by atoms with van der Waals surface area (Å²) in [4.78, 5) is 8.68. The van der Waals surface area contributed by atoms with Gasteiger partial charge in [0.05, 0.1) is 12.6 Å². The Morgan fingerprint density at radius 3 is 2.83 bits per heavy atom. The molecule has 1 N–H and O–H groups in total. The highest BCUT2D eigenvalue weighted by molar-refractivity contribution is 5.18. The molecule has 2 aromatic rings. The normalized spacial score (nSPS) is 20.0. The van der Waals surface area contributed by atoms with Crippen LogP contribution in [0.1, 0.15) is 29.8 Å². The van der Waals surface area contributed by atoms with Crippen molar-refractivity contribution in [2.24, 2.45) is 0 Å². The van der Waals surface area contributed by atoms with Crippen molar-refractivity contribution in [3.05, 3.63) is 47.4 Å². The van der Waals surface area contributed by atoms with E-state index < -0.39 is 6.10 Å². The Hall–Kier alpha value is -1.83. The van der Waals surface area contributed by atoms with Crippen LogP contribution in [0.25, 0.3) is 0 Å². The van der Waals surface area contributed by atoms with Gasteiger partial charge in [0.2, 0.25) is 5.89 Å². The molecule has 0 radical (unpaired) electrons. The summed E-state index contributed by atoms with van der Waals surface area (Å²) in [6, 6.07) is 6.43. The summed E-state index contributed by atoms with van der Waals surface area (Å²) in [5, 5.41) is 14.3. The quantitative estimate of drug-likeness (QED) is 0.868. The molecule has 2 heterocycles. The maximum absolute atomic E-state index is 13.0. The molecule has 0 saturated carbocycles. The minimum absolute atomic E-state index is 0.287. The molecule has 1 aromatic heterocycles. The van der Waals surface area contributed by atoms with Crippen molar-refractivity contribution in [2.75, 3.05) is 26.7 Å². The fourth-order valence-electron chi connectivity index (χ4n) is 3.13. The molecule has 0 spiro atoms. The molecule has 6 nitrogen and oxygen atoms in total. The fourth-order valence-corrected chi connectivity index (χ4v) is 3.13. The SMILES string of the molecule is Cc1nc(CN(C)[C@@H]2CCN(C[C@@H](O)c3ccc(F)cc3)C2)no1. The largest absolute Gasteiger partial charge is 0.387 e. The highest BCUT2D eigenvalue weighted by Gasteiger charge is 2.27. The van der Waals surface area contributed by atoms with E-state index in [0.717, 1.165) is 25.1 Å². The minimum Gasteiger partial charge on any atom is -0.387 e. The zero-order chi connectivity index (χ0) is 17.1. The topological polar surface area (TPSA) is 65.6 Å². The molecule has 1 fully saturated rings. The Bertz CT molecular complexity index is 661. The Kier molecular flexibility index (Phi) is 5.23. The van der Waals surface area contributed by atoms with E-state index in [1.54, 1.807) is 19.1 Å². The first-order valence-electron chi connectivity index (χ1n) is 8.16. The first-order chi connectivity index (χ1) is 11.5. The Labute approximate surface area is 140 Å². The lowest BCUT2D eigenvalue weighted by Gasteiger charge is -2.24. The van der Waals surface area contributed by atoms with E-state index in [-0.39, 0.29) is 5.82 Å². The van der Waals surface area contributed by atoms with E-state index in [4.69, 9.17) is 4.52 Å². The Morgan fingerprint density at radius 1 is 1.42 bits per heavy atom. The lowest BCUT2D eigenvalue weighted by molar-refractivity contribution is 0.120. The molecule has 0 bridgehead atoms. The predicted octanol–water partition coefficient (Wildman–Crippen LogP) is 1.76. The number of aryl methyl sites for hydroxylation is 1. The number of nitrogens with zero attached hydrogens (tertiary/aromatic N) is 4. The number of likely N-dealkylation sites (N-methyl/N-ethyl adjacent to an activating group) is 1. The minimum atomic E-state index is -0.602. The van der Waals surface area contributed by atoms with Gasteiger partial charge in [-0.15, -0.1) is 0 Å². The molecule has 0 unspecified atom stereocenters. The molecule has 24 heavy (non-hydrogen) atoms. The van der Waals surface area contributed by atoms with Crippen molar-refractivity contribution < 1.29 is 14.0 Å². The maximum Gasteiger partial charge on any atom is 0.223 e. The second-order valence-electron chi connectivity index (χ2n) is 6.41.